The summed E-state index contributed by atoms with van der Waals surface area (Å²) in [5.74, 6) is 0.540. The maximum Gasteiger partial charge on any atom is 0.330 e. The predicted molar refractivity (Wildman–Crippen MR) is 87.6 cm³/mol. The van der Waals surface area contributed by atoms with Crippen LogP contribution >= 0.6 is 0 Å². The number of benzene rings is 1. The fourth-order valence-electron chi connectivity index (χ4n) is 1.85. The molecule has 1 aliphatic heterocycles. The monoisotopic (exact) mass is 334 g/mol. The molecule has 2 rings (SSSR count). The lowest BCUT2D eigenvalue weighted by Crippen LogP contribution is -2.27. The van der Waals surface area contributed by atoms with Crippen molar-refractivity contribution in [1.82, 2.24) is 0 Å². The first-order chi connectivity index (χ1) is 11.4. The van der Waals surface area contributed by atoms with Gasteiger partial charge in [-0.3, -0.25) is 4.79 Å². The van der Waals surface area contributed by atoms with E-state index in [9.17, 15) is 9.59 Å². The summed E-state index contributed by atoms with van der Waals surface area (Å²) in [4.78, 5) is 23.4. The number of ether oxygens (including phenoxy) is 4. The molecule has 1 heterocycles. The molecule has 0 bridgehead atoms. The van der Waals surface area contributed by atoms with E-state index in [0.717, 1.165) is 5.56 Å². The van der Waals surface area contributed by atoms with Crippen LogP contribution in [0.3, 0.4) is 0 Å². The minimum atomic E-state index is -0.525. The van der Waals surface area contributed by atoms with E-state index >= 15 is 0 Å². The molecule has 1 aromatic carbocycles. The highest BCUT2D eigenvalue weighted by atomic mass is 16.7. The van der Waals surface area contributed by atoms with Crippen LogP contribution in [-0.2, 0) is 19.1 Å². The second kappa shape index (κ2) is 7.86. The van der Waals surface area contributed by atoms with E-state index in [2.05, 4.69) is 0 Å². The first-order valence-electron chi connectivity index (χ1n) is 7.84. The van der Waals surface area contributed by atoms with Crippen LogP contribution in [0, 0.1) is 5.41 Å². The molecule has 0 radical (unpaired) electrons. The average Bonchev–Trinajstić information content (AvgIpc) is 3.04. The van der Waals surface area contributed by atoms with Crippen LogP contribution < -0.4 is 9.47 Å². The summed E-state index contributed by atoms with van der Waals surface area (Å²) < 4.78 is 20.6. The lowest BCUT2D eigenvalue weighted by Gasteiger charge is -2.20. The highest BCUT2D eigenvalue weighted by Crippen LogP contribution is 2.32. The zero-order valence-corrected chi connectivity index (χ0v) is 14.2. The van der Waals surface area contributed by atoms with Crippen LogP contribution in [0.2, 0.25) is 0 Å². The van der Waals surface area contributed by atoms with Crippen molar-refractivity contribution in [3.63, 3.8) is 0 Å². The molecule has 0 N–H and O–H groups in total. The van der Waals surface area contributed by atoms with Gasteiger partial charge in [0, 0.05) is 6.08 Å². The van der Waals surface area contributed by atoms with Gasteiger partial charge in [0.2, 0.25) is 6.79 Å². The zero-order valence-electron chi connectivity index (χ0n) is 14.2. The van der Waals surface area contributed by atoms with Gasteiger partial charge in [-0.1, -0.05) is 13.0 Å². The minimum Gasteiger partial charge on any atom is -0.462 e. The Kier molecular flexibility index (Phi) is 5.84. The summed E-state index contributed by atoms with van der Waals surface area (Å²) in [5, 5.41) is 0. The van der Waals surface area contributed by atoms with Crippen LogP contribution in [0.15, 0.2) is 24.3 Å². The third kappa shape index (κ3) is 4.75. The van der Waals surface area contributed by atoms with Gasteiger partial charge < -0.3 is 18.9 Å². The predicted octanol–water partition coefficient (Wildman–Crippen LogP) is 2.95. The number of carbonyl (C=O) groups excluding carboxylic acids is 2. The molecule has 6 heteroatoms. The number of carbonyl (C=O) groups is 2. The number of fused-ring (bicyclic) bond motifs is 1. The zero-order chi connectivity index (χ0) is 17.6. The Morgan fingerprint density at radius 2 is 1.88 bits per heavy atom. The van der Waals surface area contributed by atoms with Crippen molar-refractivity contribution >= 4 is 18.0 Å². The SMILES string of the molecule is CCC(C)(C)C(=O)OCCOC(=O)/C=C/c1ccc2c(c1)OCO2. The van der Waals surface area contributed by atoms with Crippen molar-refractivity contribution < 1.29 is 28.5 Å². The van der Waals surface area contributed by atoms with E-state index in [1.807, 2.05) is 26.8 Å². The molecule has 0 aromatic heterocycles. The van der Waals surface area contributed by atoms with E-state index in [1.165, 1.54) is 6.08 Å². The number of hydrogen-bond acceptors (Lipinski definition) is 6. The molecule has 1 aliphatic rings. The number of hydrogen-bond donors (Lipinski definition) is 0. The van der Waals surface area contributed by atoms with Gasteiger partial charge in [0.25, 0.3) is 0 Å². The van der Waals surface area contributed by atoms with Gasteiger partial charge in [-0.25, -0.2) is 4.79 Å². The average molecular weight is 334 g/mol. The van der Waals surface area contributed by atoms with Gasteiger partial charge >= 0.3 is 11.9 Å². The van der Waals surface area contributed by atoms with Gasteiger partial charge in [0.1, 0.15) is 13.2 Å². The second-order valence-corrected chi connectivity index (χ2v) is 5.99. The summed E-state index contributed by atoms with van der Waals surface area (Å²) in [7, 11) is 0. The smallest absolute Gasteiger partial charge is 0.330 e. The molecular formula is C18H22O6. The molecule has 1 aromatic rings. The summed E-state index contributed by atoms with van der Waals surface area (Å²) in [5.41, 5.74) is 0.274. The van der Waals surface area contributed by atoms with E-state index in [-0.39, 0.29) is 26.0 Å². The minimum absolute atomic E-state index is 0.0237. The molecule has 0 atom stereocenters. The molecule has 6 nitrogen and oxygen atoms in total. The molecule has 0 unspecified atom stereocenters. The Labute approximate surface area is 141 Å². The molecule has 130 valence electrons. The van der Waals surface area contributed by atoms with Gasteiger partial charge in [0.15, 0.2) is 11.5 Å². The van der Waals surface area contributed by atoms with Gasteiger partial charge in [0.05, 0.1) is 5.41 Å². The topological polar surface area (TPSA) is 71.1 Å². The maximum atomic E-state index is 11.7. The molecule has 24 heavy (non-hydrogen) atoms. The summed E-state index contributed by atoms with van der Waals surface area (Å²) in [6, 6.07) is 5.37. The number of rotatable bonds is 7. The summed E-state index contributed by atoms with van der Waals surface area (Å²) >= 11 is 0. The van der Waals surface area contributed by atoms with E-state index in [1.54, 1.807) is 18.2 Å². The standard InChI is InChI=1S/C18H22O6/c1-4-18(2,3)17(20)22-10-9-21-16(19)8-6-13-5-7-14-15(11-13)24-12-23-14/h5-8,11H,4,9-10,12H2,1-3H3/b8-6+. The first-order valence-corrected chi connectivity index (χ1v) is 7.84. The van der Waals surface area contributed by atoms with E-state index in [0.29, 0.717) is 17.9 Å². The highest BCUT2D eigenvalue weighted by Gasteiger charge is 2.26. The van der Waals surface area contributed by atoms with Crippen LogP contribution in [0.1, 0.15) is 32.8 Å². The Balaban J connectivity index is 1.73. The van der Waals surface area contributed by atoms with E-state index < -0.39 is 11.4 Å². The fourth-order valence-corrected chi connectivity index (χ4v) is 1.85. The largest absolute Gasteiger partial charge is 0.462 e. The summed E-state index contributed by atoms with van der Waals surface area (Å²) in [6.45, 7) is 5.83. The molecule has 0 fully saturated rings. The Morgan fingerprint density at radius 3 is 2.62 bits per heavy atom. The second-order valence-electron chi connectivity index (χ2n) is 5.99. The first kappa shape index (κ1) is 17.8. The van der Waals surface area contributed by atoms with Crippen molar-refractivity contribution in [2.75, 3.05) is 20.0 Å². The Bertz CT molecular complexity index is 632. The molecule has 0 saturated heterocycles. The van der Waals surface area contributed by atoms with Crippen LogP contribution in [0.5, 0.6) is 11.5 Å². The fraction of sp³-hybridized carbons (Fsp3) is 0.444. The highest BCUT2D eigenvalue weighted by molar-refractivity contribution is 5.87. The Morgan fingerprint density at radius 1 is 1.17 bits per heavy atom. The lowest BCUT2D eigenvalue weighted by molar-refractivity contribution is -0.157. The van der Waals surface area contributed by atoms with Crippen molar-refractivity contribution in [2.24, 2.45) is 5.41 Å². The quantitative estimate of drug-likeness (QED) is 0.434. The van der Waals surface area contributed by atoms with Gasteiger partial charge in [-0.2, -0.15) is 0 Å². The van der Waals surface area contributed by atoms with Crippen molar-refractivity contribution in [2.45, 2.75) is 27.2 Å². The maximum absolute atomic E-state index is 11.7. The number of esters is 2. The van der Waals surface area contributed by atoms with Gasteiger partial charge in [-0.05, 0) is 44.0 Å². The molecule has 0 amide bonds. The third-order valence-electron chi connectivity index (χ3n) is 3.81. The Hall–Kier alpha value is -2.50. The van der Waals surface area contributed by atoms with Crippen molar-refractivity contribution in [1.29, 1.82) is 0 Å². The van der Waals surface area contributed by atoms with E-state index in [4.69, 9.17) is 18.9 Å². The molecule has 0 saturated carbocycles. The summed E-state index contributed by atoms with van der Waals surface area (Å²) in [6.07, 6.45) is 3.62. The molecule has 0 aliphatic carbocycles. The van der Waals surface area contributed by atoms with Gasteiger partial charge in [-0.15, -0.1) is 0 Å². The van der Waals surface area contributed by atoms with Crippen molar-refractivity contribution in [3.05, 3.63) is 29.8 Å². The third-order valence-corrected chi connectivity index (χ3v) is 3.81. The van der Waals surface area contributed by atoms with Crippen molar-refractivity contribution in [3.8, 4) is 11.5 Å². The molecular weight excluding hydrogens is 312 g/mol. The van der Waals surface area contributed by atoms with Crippen LogP contribution in [-0.4, -0.2) is 31.9 Å². The van der Waals surface area contributed by atoms with Crippen LogP contribution in [0.25, 0.3) is 6.08 Å². The normalized spacial score (nSPS) is 13.1. The van der Waals surface area contributed by atoms with Crippen LogP contribution in [0.4, 0.5) is 0 Å². The molecule has 0 spiro atoms. The lowest BCUT2D eigenvalue weighted by atomic mass is 9.91.